The van der Waals surface area contributed by atoms with E-state index in [0.717, 1.165) is 26.3 Å². The van der Waals surface area contributed by atoms with Gasteiger partial charge in [0.1, 0.15) is 0 Å². The SMILES string of the molecule is C1COCCN1.c1ccc2c(c1)[nH]c1ccccc12. The first kappa shape index (κ1) is 12.2. The number of hydrogen-bond acceptors (Lipinski definition) is 2. The molecule has 0 radical (unpaired) electrons. The van der Waals surface area contributed by atoms with Gasteiger partial charge in [0.2, 0.25) is 0 Å². The maximum Gasteiger partial charge on any atom is 0.0591 e. The summed E-state index contributed by atoms with van der Waals surface area (Å²) in [4.78, 5) is 3.38. The third-order valence-electron chi connectivity index (χ3n) is 3.26. The van der Waals surface area contributed by atoms with Gasteiger partial charge in [-0.1, -0.05) is 36.4 Å². The van der Waals surface area contributed by atoms with Gasteiger partial charge in [0.25, 0.3) is 0 Å². The molecule has 2 N–H and O–H groups in total. The Morgan fingerprint density at radius 2 is 1.26 bits per heavy atom. The summed E-state index contributed by atoms with van der Waals surface area (Å²) in [6.07, 6.45) is 0. The summed E-state index contributed by atoms with van der Waals surface area (Å²) < 4.78 is 5.01. The molecule has 1 aliphatic rings. The first-order valence-corrected chi connectivity index (χ1v) is 6.69. The van der Waals surface area contributed by atoms with Crippen molar-refractivity contribution in [3.8, 4) is 0 Å². The van der Waals surface area contributed by atoms with Crippen LogP contribution in [0.3, 0.4) is 0 Å². The highest BCUT2D eigenvalue weighted by Gasteiger charge is 2.00. The van der Waals surface area contributed by atoms with E-state index in [1.165, 1.54) is 21.8 Å². The topological polar surface area (TPSA) is 37.0 Å². The Bertz CT molecular complexity index is 594. The van der Waals surface area contributed by atoms with Crippen molar-refractivity contribution in [2.45, 2.75) is 0 Å². The van der Waals surface area contributed by atoms with E-state index in [9.17, 15) is 0 Å². The predicted octanol–water partition coefficient (Wildman–Crippen LogP) is 2.93. The Labute approximate surface area is 112 Å². The number of rotatable bonds is 0. The summed E-state index contributed by atoms with van der Waals surface area (Å²) in [5, 5.41) is 5.77. The van der Waals surface area contributed by atoms with Gasteiger partial charge in [-0.15, -0.1) is 0 Å². The first-order chi connectivity index (χ1) is 9.45. The van der Waals surface area contributed by atoms with Gasteiger partial charge >= 0.3 is 0 Å². The van der Waals surface area contributed by atoms with Crippen LogP contribution in [0.15, 0.2) is 48.5 Å². The Balaban J connectivity index is 0.000000155. The highest BCUT2D eigenvalue weighted by molar-refractivity contribution is 6.06. The van der Waals surface area contributed by atoms with Crippen molar-refractivity contribution in [2.75, 3.05) is 26.3 Å². The summed E-state index contributed by atoms with van der Waals surface area (Å²) in [6.45, 7) is 3.83. The highest BCUT2D eigenvalue weighted by atomic mass is 16.5. The van der Waals surface area contributed by atoms with E-state index in [1.807, 2.05) is 0 Å². The minimum absolute atomic E-state index is 0.889. The number of para-hydroxylation sites is 2. The molecule has 0 aliphatic carbocycles. The number of fused-ring (bicyclic) bond motifs is 3. The van der Waals surface area contributed by atoms with Crippen molar-refractivity contribution < 1.29 is 4.74 Å². The zero-order valence-corrected chi connectivity index (χ0v) is 10.9. The third-order valence-corrected chi connectivity index (χ3v) is 3.26. The Morgan fingerprint density at radius 1 is 0.737 bits per heavy atom. The van der Waals surface area contributed by atoms with Crippen LogP contribution in [0.4, 0.5) is 0 Å². The van der Waals surface area contributed by atoms with E-state index in [4.69, 9.17) is 4.74 Å². The van der Waals surface area contributed by atoms with E-state index in [2.05, 4.69) is 58.8 Å². The molecule has 19 heavy (non-hydrogen) atoms. The minimum Gasteiger partial charge on any atom is -0.379 e. The second kappa shape index (κ2) is 5.87. The molecule has 4 rings (SSSR count). The second-order valence-electron chi connectivity index (χ2n) is 4.58. The van der Waals surface area contributed by atoms with Crippen molar-refractivity contribution in [3.05, 3.63) is 48.5 Å². The predicted molar refractivity (Wildman–Crippen MR) is 79.5 cm³/mol. The molecule has 3 heteroatoms. The normalized spacial score (nSPS) is 15.2. The summed E-state index contributed by atoms with van der Waals surface area (Å²) in [5.74, 6) is 0. The molecular formula is C16H18N2O. The molecule has 3 aromatic rings. The van der Waals surface area contributed by atoms with Crippen LogP contribution in [-0.4, -0.2) is 31.3 Å². The number of aromatic nitrogens is 1. The lowest BCUT2D eigenvalue weighted by atomic mass is 10.2. The summed E-state index contributed by atoms with van der Waals surface area (Å²) in [6, 6.07) is 16.8. The fraction of sp³-hybridized carbons (Fsp3) is 0.250. The van der Waals surface area contributed by atoms with Crippen molar-refractivity contribution in [1.29, 1.82) is 0 Å². The summed E-state index contributed by atoms with van der Waals surface area (Å²) in [5.41, 5.74) is 2.42. The highest BCUT2D eigenvalue weighted by Crippen LogP contribution is 2.24. The first-order valence-electron chi connectivity index (χ1n) is 6.69. The molecule has 0 amide bonds. The number of benzene rings is 2. The van der Waals surface area contributed by atoms with Crippen LogP contribution in [0, 0.1) is 0 Å². The fourth-order valence-electron chi connectivity index (χ4n) is 2.31. The average Bonchev–Trinajstić information content (AvgIpc) is 2.88. The quantitative estimate of drug-likeness (QED) is 0.647. The van der Waals surface area contributed by atoms with Gasteiger partial charge in [-0.05, 0) is 12.1 Å². The van der Waals surface area contributed by atoms with Crippen molar-refractivity contribution in [3.63, 3.8) is 0 Å². The zero-order valence-electron chi connectivity index (χ0n) is 10.9. The van der Waals surface area contributed by atoms with Gasteiger partial charge in [-0.3, -0.25) is 0 Å². The number of aromatic amines is 1. The second-order valence-corrected chi connectivity index (χ2v) is 4.58. The van der Waals surface area contributed by atoms with E-state index < -0.39 is 0 Å². The standard InChI is InChI=1S/C12H9N.C4H9NO/c1-3-7-11-9(5-1)10-6-2-4-8-12(10)13-11;1-3-6-4-2-5-1/h1-8,13H;5H,1-4H2. The largest absolute Gasteiger partial charge is 0.379 e. The molecule has 1 fully saturated rings. The molecule has 0 atom stereocenters. The van der Waals surface area contributed by atoms with Crippen molar-refractivity contribution in [1.82, 2.24) is 10.3 Å². The van der Waals surface area contributed by atoms with Crippen molar-refractivity contribution >= 4 is 21.8 Å². The number of H-pyrrole nitrogens is 1. The van der Waals surface area contributed by atoms with Crippen LogP contribution in [0.1, 0.15) is 0 Å². The molecule has 0 bridgehead atoms. The van der Waals surface area contributed by atoms with Crippen LogP contribution >= 0.6 is 0 Å². The summed E-state index contributed by atoms with van der Waals surface area (Å²) in [7, 11) is 0. The third kappa shape index (κ3) is 2.78. The van der Waals surface area contributed by atoms with E-state index >= 15 is 0 Å². The fourth-order valence-corrected chi connectivity index (χ4v) is 2.31. The lowest BCUT2D eigenvalue weighted by Crippen LogP contribution is -2.30. The molecule has 0 spiro atoms. The van der Waals surface area contributed by atoms with Crippen LogP contribution in [0.25, 0.3) is 21.8 Å². The average molecular weight is 254 g/mol. The molecule has 1 saturated heterocycles. The number of nitrogens with one attached hydrogen (secondary N) is 2. The van der Waals surface area contributed by atoms with Gasteiger partial charge in [0, 0.05) is 34.9 Å². The molecule has 1 aromatic heterocycles. The molecule has 0 saturated carbocycles. The number of ether oxygens (including phenoxy) is 1. The zero-order chi connectivity index (χ0) is 12.9. The maximum absolute atomic E-state index is 5.01. The van der Waals surface area contributed by atoms with Gasteiger partial charge < -0.3 is 15.0 Å². The molecule has 2 heterocycles. The van der Waals surface area contributed by atoms with Crippen LogP contribution in [-0.2, 0) is 4.74 Å². The number of morpholine rings is 1. The van der Waals surface area contributed by atoms with Gasteiger partial charge in [-0.25, -0.2) is 0 Å². The maximum atomic E-state index is 5.01. The Morgan fingerprint density at radius 3 is 1.68 bits per heavy atom. The van der Waals surface area contributed by atoms with Gasteiger partial charge in [0.15, 0.2) is 0 Å². The van der Waals surface area contributed by atoms with E-state index in [0.29, 0.717) is 0 Å². The Hall–Kier alpha value is -1.84. The molecule has 2 aromatic carbocycles. The smallest absolute Gasteiger partial charge is 0.0591 e. The molecule has 3 nitrogen and oxygen atoms in total. The summed E-state index contributed by atoms with van der Waals surface area (Å²) >= 11 is 0. The Kier molecular flexibility index (Phi) is 3.77. The lowest BCUT2D eigenvalue weighted by molar-refractivity contribution is 0.109. The van der Waals surface area contributed by atoms with Crippen LogP contribution in [0.2, 0.25) is 0 Å². The number of hydrogen-bond donors (Lipinski definition) is 2. The van der Waals surface area contributed by atoms with E-state index in [1.54, 1.807) is 0 Å². The minimum atomic E-state index is 0.889. The molecule has 98 valence electrons. The molecule has 0 unspecified atom stereocenters. The lowest BCUT2D eigenvalue weighted by Gasteiger charge is -2.10. The van der Waals surface area contributed by atoms with Gasteiger partial charge in [-0.2, -0.15) is 0 Å². The van der Waals surface area contributed by atoms with Crippen molar-refractivity contribution in [2.24, 2.45) is 0 Å². The molecule has 1 aliphatic heterocycles. The van der Waals surface area contributed by atoms with E-state index in [-0.39, 0.29) is 0 Å². The van der Waals surface area contributed by atoms with Gasteiger partial charge in [0.05, 0.1) is 13.2 Å². The monoisotopic (exact) mass is 254 g/mol. The van der Waals surface area contributed by atoms with Crippen LogP contribution < -0.4 is 5.32 Å². The molecular weight excluding hydrogens is 236 g/mol. The van der Waals surface area contributed by atoms with Crippen LogP contribution in [0.5, 0.6) is 0 Å².